The standard InChI is InChI=1S/C36H32N4O/c1-4-10-24(11-5-1)33-38-34(25-12-6-2-7-13-25)40-35(39-33)28-18-20-29-27(22-28)17-16-23-19-21-30-32(31(23)29)37-36(41-30)26-14-8-3-9-15-26/h1-2,4-8,10-14,16-22,26,33,35-37,39H,3,9,15H2,(H,38,40). The number of nitrogens with zero attached hydrogens (tertiary/aromatic N) is 1. The summed E-state index contributed by atoms with van der Waals surface area (Å²) in [5.41, 5.74) is 4.50. The Labute approximate surface area is 240 Å². The predicted molar refractivity (Wildman–Crippen MR) is 167 cm³/mol. The topological polar surface area (TPSA) is 57.7 Å². The molecule has 0 aromatic heterocycles. The van der Waals surface area contributed by atoms with Crippen LogP contribution in [0, 0.1) is 5.92 Å². The van der Waals surface area contributed by atoms with Crippen molar-refractivity contribution in [2.45, 2.75) is 37.8 Å². The van der Waals surface area contributed by atoms with Gasteiger partial charge in [0, 0.05) is 16.9 Å². The highest BCUT2D eigenvalue weighted by Crippen LogP contribution is 2.44. The number of hydrogen-bond donors (Lipinski definition) is 3. The highest BCUT2D eigenvalue weighted by molar-refractivity contribution is 6.15. The molecule has 4 atom stereocenters. The summed E-state index contributed by atoms with van der Waals surface area (Å²) in [4.78, 5) is 5.14. The van der Waals surface area contributed by atoms with Crippen molar-refractivity contribution in [1.29, 1.82) is 0 Å². The van der Waals surface area contributed by atoms with Crippen LogP contribution in [0.5, 0.6) is 5.75 Å². The van der Waals surface area contributed by atoms with Gasteiger partial charge >= 0.3 is 0 Å². The summed E-state index contributed by atoms with van der Waals surface area (Å²) in [7, 11) is 0. The third kappa shape index (κ3) is 4.43. The third-order valence-electron chi connectivity index (χ3n) is 8.57. The molecule has 3 aliphatic rings. The zero-order valence-corrected chi connectivity index (χ0v) is 22.8. The smallest absolute Gasteiger partial charge is 0.176 e. The molecule has 0 spiro atoms. The fourth-order valence-corrected chi connectivity index (χ4v) is 6.45. The highest BCUT2D eigenvalue weighted by atomic mass is 16.5. The van der Waals surface area contributed by atoms with Crippen molar-refractivity contribution in [2.75, 3.05) is 5.32 Å². The van der Waals surface area contributed by atoms with Crippen LogP contribution in [0.4, 0.5) is 5.69 Å². The SMILES string of the molecule is C1=CC(C2Nc3c(ccc4ccc5cc(C6N=C(c7ccccc7)NC(c7ccccc7)N6)ccc5c34)O2)CCC1. The quantitative estimate of drug-likeness (QED) is 0.162. The molecule has 1 aliphatic carbocycles. The van der Waals surface area contributed by atoms with Crippen molar-refractivity contribution in [2.24, 2.45) is 10.9 Å². The average Bonchev–Trinajstić information content (AvgIpc) is 3.50. The number of amidine groups is 1. The Morgan fingerprint density at radius 2 is 1.56 bits per heavy atom. The van der Waals surface area contributed by atoms with Crippen LogP contribution in [0.25, 0.3) is 21.5 Å². The summed E-state index contributed by atoms with van der Waals surface area (Å²) in [5, 5.41) is 16.0. The summed E-state index contributed by atoms with van der Waals surface area (Å²) < 4.78 is 6.43. The molecule has 0 bridgehead atoms. The van der Waals surface area contributed by atoms with Crippen molar-refractivity contribution in [1.82, 2.24) is 10.6 Å². The lowest BCUT2D eigenvalue weighted by molar-refractivity contribution is 0.193. The maximum absolute atomic E-state index is 6.43. The van der Waals surface area contributed by atoms with Gasteiger partial charge in [-0.2, -0.15) is 0 Å². The molecule has 4 unspecified atom stereocenters. The number of hydrogen-bond acceptors (Lipinski definition) is 5. The number of nitrogens with one attached hydrogen (secondary N) is 3. The summed E-state index contributed by atoms with van der Waals surface area (Å²) in [6, 6.07) is 36.3. The molecule has 0 saturated carbocycles. The molecule has 5 aromatic carbocycles. The van der Waals surface area contributed by atoms with Crippen molar-refractivity contribution in [3.05, 3.63) is 132 Å². The van der Waals surface area contributed by atoms with E-state index in [0.717, 1.165) is 34.8 Å². The second kappa shape index (κ2) is 10.1. The first-order chi connectivity index (χ1) is 20.3. The number of ether oxygens (including phenoxy) is 1. The Bertz CT molecular complexity index is 1800. The van der Waals surface area contributed by atoms with Crippen LogP contribution in [-0.2, 0) is 0 Å². The number of fused-ring (bicyclic) bond motifs is 5. The van der Waals surface area contributed by atoms with Crippen LogP contribution in [0.15, 0.2) is 120 Å². The van der Waals surface area contributed by atoms with E-state index in [-0.39, 0.29) is 18.6 Å². The zero-order valence-electron chi connectivity index (χ0n) is 22.8. The molecule has 0 fully saturated rings. The lowest BCUT2D eigenvalue weighted by Gasteiger charge is -2.32. The maximum Gasteiger partial charge on any atom is 0.176 e. The molecule has 202 valence electrons. The van der Waals surface area contributed by atoms with Gasteiger partial charge in [-0.05, 0) is 58.7 Å². The second-order valence-electron chi connectivity index (χ2n) is 11.2. The van der Waals surface area contributed by atoms with E-state index in [2.05, 4.69) is 119 Å². The van der Waals surface area contributed by atoms with E-state index in [1.54, 1.807) is 0 Å². The monoisotopic (exact) mass is 536 g/mol. The first-order valence-corrected chi connectivity index (χ1v) is 14.6. The van der Waals surface area contributed by atoms with Gasteiger partial charge in [-0.3, -0.25) is 5.32 Å². The van der Waals surface area contributed by atoms with Crippen LogP contribution in [-0.4, -0.2) is 12.1 Å². The Balaban J connectivity index is 1.18. The van der Waals surface area contributed by atoms with Crippen LogP contribution < -0.4 is 20.7 Å². The van der Waals surface area contributed by atoms with Gasteiger partial charge in [-0.1, -0.05) is 103 Å². The summed E-state index contributed by atoms with van der Waals surface area (Å²) in [6.45, 7) is 0. The van der Waals surface area contributed by atoms with Gasteiger partial charge in [0.25, 0.3) is 0 Å². The van der Waals surface area contributed by atoms with Crippen LogP contribution in [0.2, 0.25) is 0 Å². The second-order valence-corrected chi connectivity index (χ2v) is 11.2. The van der Waals surface area contributed by atoms with Gasteiger partial charge in [0.2, 0.25) is 0 Å². The molecule has 3 N–H and O–H groups in total. The van der Waals surface area contributed by atoms with E-state index in [1.807, 2.05) is 12.1 Å². The maximum atomic E-state index is 6.43. The van der Waals surface area contributed by atoms with Gasteiger partial charge in [0.1, 0.15) is 23.9 Å². The Morgan fingerprint density at radius 3 is 2.39 bits per heavy atom. The molecule has 2 heterocycles. The van der Waals surface area contributed by atoms with Crippen LogP contribution in [0.1, 0.15) is 48.3 Å². The molecule has 0 radical (unpaired) electrons. The van der Waals surface area contributed by atoms with E-state index in [9.17, 15) is 0 Å². The minimum absolute atomic E-state index is 0.0127. The molecule has 5 heteroatoms. The van der Waals surface area contributed by atoms with E-state index < -0.39 is 0 Å². The first-order valence-electron chi connectivity index (χ1n) is 14.6. The number of anilines is 1. The van der Waals surface area contributed by atoms with Crippen LogP contribution in [0.3, 0.4) is 0 Å². The van der Waals surface area contributed by atoms with Gasteiger partial charge in [0.05, 0.1) is 5.69 Å². The number of benzene rings is 5. The molecular formula is C36H32N4O. The molecule has 0 saturated heterocycles. The number of aliphatic imine (C=N–C) groups is 1. The zero-order chi connectivity index (χ0) is 27.2. The van der Waals surface area contributed by atoms with Crippen LogP contribution >= 0.6 is 0 Å². The van der Waals surface area contributed by atoms with E-state index >= 15 is 0 Å². The van der Waals surface area contributed by atoms with E-state index in [1.165, 1.54) is 39.9 Å². The largest absolute Gasteiger partial charge is 0.468 e. The summed E-state index contributed by atoms with van der Waals surface area (Å²) >= 11 is 0. The molecule has 8 rings (SSSR count). The molecule has 0 amide bonds. The summed E-state index contributed by atoms with van der Waals surface area (Å²) in [5.74, 6) is 2.23. The van der Waals surface area contributed by atoms with Gasteiger partial charge < -0.3 is 15.4 Å². The fourth-order valence-electron chi connectivity index (χ4n) is 6.45. The Hall–Kier alpha value is -4.61. The Morgan fingerprint density at radius 1 is 0.756 bits per heavy atom. The van der Waals surface area contributed by atoms with Crippen molar-refractivity contribution < 1.29 is 4.74 Å². The minimum Gasteiger partial charge on any atom is -0.468 e. The van der Waals surface area contributed by atoms with Crippen molar-refractivity contribution in [3.63, 3.8) is 0 Å². The predicted octanol–water partition coefficient (Wildman–Crippen LogP) is 7.82. The Kier molecular flexibility index (Phi) is 5.96. The molecule has 5 aromatic rings. The fraction of sp³-hybridized carbons (Fsp3) is 0.194. The molecule has 5 nitrogen and oxygen atoms in total. The molecule has 41 heavy (non-hydrogen) atoms. The third-order valence-corrected chi connectivity index (χ3v) is 8.57. The average molecular weight is 537 g/mol. The molecular weight excluding hydrogens is 504 g/mol. The van der Waals surface area contributed by atoms with Crippen molar-refractivity contribution in [3.8, 4) is 5.75 Å². The van der Waals surface area contributed by atoms with E-state index in [4.69, 9.17) is 9.73 Å². The van der Waals surface area contributed by atoms with Crippen molar-refractivity contribution >= 4 is 33.1 Å². The lowest BCUT2D eigenvalue weighted by atomic mass is 9.94. The summed E-state index contributed by atoms with van der Waals surface area (Å²) in [6.07, 6.45) is 7.89. The lowest BCUT2D eigenvalue weighted by Crippen LogP contribution is -2.44. The first kappa shape index (κ1) is 24.2. The normalized spacial score (nSPS) is 23.4. The van der Waals surface area contributed by atoms with Gasteiger partial charge in [-0.25, -0.2) is 4.99 Å². The van der Waals surface area contributed by atoms with Gasteiger partial charge in [0.15, 0.2) is 6.23 Å². The van der Waals surface area contributed by atoms with E-state index in [0.29, 0.717) is 5.92 Å². The molecule has 2 aliphatic heterocycles. The minimum atomic E-state index is -0.192. The number of allylic oxidation sites excluding steroid dienone is 1. The number of rotatable bonds is 4. The highest BCUT2D eigenvalue weighted by Gasteiger charge is 2.31. The van der Waals surface area contributed by atoms with Gasteiger partial charge in [-0.15, -0.1) is 0 Å².